The van der Waals surface area contributed by atoms with Crippen molar-refractivity contribution in [2.45, 2.75) is 26.7 Å². The topological polar surface area (TPSA) is 53.8 Å². The minimum atomic E-state index is 0.784. The van der Waals surface area contributed by atoms with Crippen molar-refractivity contribution < 1.29 is 0 Å². The van der Waals surface area contributed by atoms with E-state index in [0.29, 0.717) is 0 Å². The number of rotatable bonds is 5. The Morgan fingerprint density at radius 2 is 2.00 bits per heavy atom. The lowest BCUT2D eigenvalue weighted by Crippen LogP contribution is -2.02. The van der Waals surface area contributed by atoms with E-state index in [4.69, 9.17) is 5.73 Å². The van der Waals surface area contributed by atoms with E-state index in [9.17, 15) is 0 Å². The highest BCUT2D eigenvalue weighted by Gasteiger charge is 2.08. The molecule has 0 aliphatic heterocycles. The van der Waals surface area contributed by atoms with Crippen molar-refractivity contribution in [2.24, 2.45) is 0 Å². The predicted molar refractivity (Wildman–Crippen MR) is 100 cm³/mol. The van der Waals surface area contributed by atoms with Crippen LogP contribution in [0.3, 0.4) is 0 Å². The molecule has 0 spiro atoms. The van der Waals surface area contributed by atoms with Crippen molar-refractivity contribution in [1.82, 2.24) is 4.98 Å². The number of nitrogen functional groups attached to an aromatic ring is 1. The van der Waals surface area contributed by atoms with Crippen molar-refractivity contribution in [3.05, 3.63) is 65.9 Å². The molecular formula is C20H23N3. The van der Waals surface area contributed by atoms with Gasteiger partial charge >= 0.3 is 0 Å². The van der Waals surface area contributed by atoms with Crippen molar-refractivity contribution in [3.63, 3.8) is 0 Å². The van der Waals surface area contributed by atoms with Crippen LogP contribution < -0.4 is 11.1 Å². The third-order valence-electron chi connectivity index (χ3n) is 4.03. The second-order valence-corrected chi connectivity index (χ2v) is 5.76. The maximum Gasteiger partial charge on any atom is 0.0627 e. The molecule has 0 saturated heterocycles. The molecule has 0 saturated carbocycles. The number of nitrogens with two attached hydrogens (primary N) is 1. The first-order valence-electron chi connectivity index (χ1n) is 8.11. The summed E-state index contributed by atoms with van der Waals surface area (Å²) >= 11 is 0. The molecule has 3 nitrogen and oxygen atoms in total. The molecule has 118 valence electrons. The molecule has 0 amide bonds. The number of benzene rings is 2. The van der Waals surface area contributed by atoms with Gasteiger partial charge in [-0.05, 0) is 49.2 Å². The Hall–Kier alpha value is -2.68. The molecule has 4 N–H and O–H groups in total. The highest BCUT2D eigenvalue weighted by molar-refractivity contribution is 5.89. The third kappa shape index (κ3) is 3.24. The van der Waals surface area contributed by atoms with Gasteiger partial charge in [-0.15, -0.1) is 0 Å². The molecule has 0 bridgehead atoms. The Morgan fingerprint density at radius 3 is 2.78 bits per heavy atom. The van der Waals surface area contributed by atoms with Crippen LogP contribution in [0.25, 0.3) is 16.6 Å². The molecule has 3 rings (SSSR count). The van der Waals surface area contributed by atoms with Crippen LogP contribution in [0.4, 0.5) is 11.4 Å². The van der Waals surface area contributed by atoms with Gasteiger partial charge in [0.1, 0.15) is 0 Å². The van der Waals surface area contributed by atoms with E-state index >= 15 is 0 Å². The molecule has 0 unspecified atom stereocenters. The Labute approximate surface area is 137 Å². The zero-order valence-corrected chi connectivity index (χ0v) is 13.7. The Kier molecular flexibility index (Phi) is 4.38. The van der Waals surface area contributed by atoms with Crippen LogP contribution in [0.15, 0.2) is 54.6 Å². The molecule has 0 atom stereocenters. The fraction of sp³-hybridized carbons (Fsp3) is 0.200. The van der Waals surface area contributed by atoms with Gasteiger partial charge in [0.2, 0.25) is 0 Å². The van der Waals surface area contributed by atoms with Crippen molar-refractivity contribution in [3.8, 4) is 0 Å². The maximum atomic E-state index is 5.87. The minimum Gasteiger partial charge on any atom is -0.399 e. The molecule has 1 aromatic heterocycles. The largest absolute Gasteiger partial charge is 0.399 e. The average Bonchev–Trinajstić information content (AvgIpc) is 2.97. The van der Waals surface area contributed by atoms with Gasteiger partial charge in [0, 0.05) is 22.3 Å². The number of fused-ring (bicyclic) bond motifs is 1. The van der Waals surface area contributed by atoms with Crippen molar-refractivity contribution >= 4 is 28.0 Å². The number of aromatic amines is 1. The number of H-pyrrole nitrogens is 1. The lowest BCUT2D eigenvalue weighted by atomic mass is 10.1. The van der Waals surface area contributed by atoms with Crippen molar-refractivity contribution in [1.29, 1.82) is 0 Å². The first kappa shape index (κ1) is 15.2. The molecule has 0 fully saturated rings. The molecule has 2 aromatic carbocycles. The molecule has 23 heavy (non-hydrogen) atoms. The number of hydrogen-bond acceptors (Lipinski definition) is 2. The molecule has 3 heteroatoms. The summed E-state index contributed by atoms with van der Waals surface area (Å²) in [6, 6.07) is 16.6. The van der Waals surface area contributed by atoms with Crippen LogP contribution in [0.1, 0.15) is 31.5 Å². The minimum absolute atomic E-state index is 0.784. The number of anilines is 2. The summed E-state index contributed by atoms with van der Waals surface area (Å²) in [5.41, 5.74) is 12.4. The van der Waals surface area contributed by atoms with Gasteiger partial charge in [-0.2, -0.15) is 0 Å². The van der Waals surface area contributed by atoms with Crippen LogP contribution in [0.2, 0.25) is 0 Å². The summed E-state index contributed by atoms with van der Waals surface area (Å²) in [5, 5.41) is 4.70. The van der Waals surface area contributed by atoms with Gasteiger partial charge in [0.05, 0.1) is 11.4 Å². The molecule has 0 aliphatic rings. The van der Waals surface area contributed by atoms with Gasteiger partial charge < -0.3 is 16.0 Å². The number of para-hydroxylation sites is 1. The second kappa shape index (κ2) is 6.61. The Bertz CT molecular complexity index is 843. The molecule has 3 aromatic rings. The molecule has 0 radical (unpaired) electrons. The molecule has 0 aliphatic carbocycles. The fourth-order valence-corrected chi connectivity index (χ4v) is 2.87. The first-order chi connectivity index (χ1) is 11.2. The monoisotopic (exact) mass is 305 g/mol. The Morgan fingerprint density at radius 1 is 1.17 bits per heavy atom. The summed E-state index contributed by atoms with van der Waals surface area (Å²) in [6.45, 7) is 4.25. The highest BCUT2D eigenvalue weighted by Crippen LogP contribution is 2.26. The van der Waals surface area contributed by atoms with E-state index < -0.39 is 0 Å². The number of allylic oxidation sites excluding steroid dienone is 1. The van der Waals surface area contributed by atoms with Crippen LogP contribution in [0, 0.1) is 0 Å². The van der Waals surface area contributed by atoms with E-state index in [1.807, 2.05) is 25.1 Å². The standard InChI is InChI=1S/C20H23N3/c1-3-7-14-8-5-6-9-18(14)22-17(4-2)20-13-15-12-16(21)10-11-19(15)23-20/h4-6,8-13,22-23H,3,7,21H2,1-2H3/b17-4+. The number of nitrogens with one attached hydrogen (secondary N) is 2. The summed E-state index contributed by atoms with van der Waals surface area (Å²) in [5.74, 6) is 0. The smallest absolute Gasteiger partial charge is 0.0627 e. The normalized spacial score (nSPS) is 11.8. The summed E-state index contributed by atoms with van der Waals surface area (Å²) in [7, 11) is 0. The van der Waals surface area contributed by atoms with E-state index in [0.717, 1.165) is 40.8 Å². The van der Waals surface area contributed by atoms with Gasteiger partial charge in [0.25, 0.3) is 0 Å². The molecular weight excluding hydrogens is 282 g/mol. The SMILES string of the molecule is C/C=C(/Nc1ccccc1CCC)c1cc2cc(N)ccc2[nH]1. The molecule has 1 heterocycles. The van der Waals surface area contributed by atoms with E-state index in [2.05, 4.69) is 53.6 Å². The van der Waals surface area contributed by atoms with Crippen molar-refractivity contribution in [2.75, 3.05) is 11.1 Å². The Balaban J connectivity index is 1.93. The van der Waals surface area contributed by atoms with E-state index in [-0.39, 0.29) is 0 Å². The maximum absolute atomic E-state index is 5.87. The van der Waals surface area contributed by atoms with E-state index in [1.165, 1.54) is 11.3 Å². The quantitative estimate of drug-likeness (QED) is 0.569. The number of aryl methyl sites for hydroxylation is 1. The first-order valence-corrected chi connectivity index (χ1v) is 8.11. The zero-order chi connectivity index (χ0) is 16.2. The van der Waals surface area contributed by atoms with Gasteiger partial charge in [-0.25, -0.2) is 0 Å². The van der Waals surface area contributed by atoms with Gasteiger partial charge in [0.15, 0.2) is 0 Å². The fourth-order valence-electron chi connectivity index (χ4n) is 2.87. The van der Waals surface area contributed by atoms with Crippen LogP contribution in [-0.4, -0.2) is 4.98 Å². The number of aromatic nitrogens is 1. The van der Waals surface area contributed by atoms with Crippen LogP contribution >= 0.6 is 0 Å². The van der Waals surface area contributed by atoms with Gasteiger partial charge in [-0.3, -0.25) is 0 Å². The predicted octanol–water partition coefficient (Wildman–Crippen LogP) is 5.18. The van der Waals surface area contributed by atoms with Gasteiger partial charge in [-0.1, -0.05) is 37.6 Å². The average molecular weight is 305 g/mol. The summed E-state index contributed by atoms with van der Waals surface area (Å²) in [6.07, 6.45) is 4.30. The van der Waals surface area contributed by atoms with Crippen LogP contribution in [-0.2, 0) is 6.42 Å². The summed E-state index contributed by atoms with van der Waals surface area (Å²) in [4.78, 5) is 3.46. The second-order valence-electron chi connectivity index (χ2n) is 5.76. The zero-order valence-electron chi connectivity index (χ0n) is 13.7. The highest BCUT2D eigenvalue weighted by atomic mass is 14.9. The lowest BCUT2D eigenvalue weighted by molar-refractivity contribution is 0.923. The third-order valence-corrected chi connectivity index (χ3v) is 4.03. The lowest BCUT2D eigenvalue weighted by Gasteiger charge is -2.13. The van der Waals surface area contributed by atoms with E-state index in [1.54, 1.807) is 0 Å². The number of hydrogen-bond donors (Lipinski definition) is 3. The summed E-state index contributed by atoms with van der Waals surface area (Å²) < 4.78 is 0. The van der Waals surface area contributed by atoms with Crippen LogP contribution in [0.5, 0.6) is 0 Å².